The van der Waals surface area contributed by atoms with Gasteiger partial charge in [-0.05, 0) is 43.3 Å². The highest BCUT2D eigenvalue weighted by atomic mass is 35.5. The van der Waals surface area contributed by atoms with Crippen molar-refractivity contribution >= 4 is 17.1 Å². The van der Waals surface area contributed by atoms with Crippen molar-refractivity contribution in [2.75, 3.05) is 7.05 Å². The van der Waals surface area contributed by atoms with Gasteiger partial charge in [0, 0.05) is 22.8 Å². The zero-order valence-corrected chi connectivity index (χ0v) is 12.0. The maximum Gasteiger partial charge on any atom is 0.0709 e. The van der Waals surface area contributed by atoms with Crippen LogP contribution in [0.1, 0.15) is 17.2 Å². The highest BCUT2D eigenvalue weighted by molar-refractivity contribution is 6.30. The van der Waals surface area contributed by atoms with Gasteiger partial charge in [0.25, 0.3) is 0 Å². The van der Waals surface area contributed by atoms with E-state index in [1.165, 1.54) is 11.1 Å². The second-order valence-electron chi connectivity index (χ2n) is 4.80. The first-order valence-electron chi connectivity index (χ1n) is 6.62. The fourth-order valence-electron chi connectivity index (χ4n) is 2.45. The van der Waals surface area contributed by atoms with E-state index in [1.807, 2.05) is 48.2 Å². The molecule has 0 bridgehead atoms. The maximum atomic E-state index is 5.93. The Kier molecular flexibility index (Phi) is 3.72. The number of hydrogen-bond donors (Lipinski definition) is 1. The molecule has 102 valence electrons. The Morgan fingerprint density at radius 3 is 2.75 bits per heavy atom. The van der Waals surface area contributed by atoms with Crippen LogP contribution in [0.2, 0.25) is 5.02 Å². The molecule has 0 fully saturated rings. The number of halogens is 1. The first-order chi connectivity index (χ1) is 9.78. The van der Waals surface area contributed by atoms with Gasteiger partial charge in [0.15, 0.2) is 0 Å². The Bertz CT molecular complexity index is 703. The molecule has 0 aliphatic heterocycles. The van der Waals surface area contributed by atoms with Gasteiger partial charge < -0.3 is 5.32 Å². The number of hydrogen-bond acceptors (Lipinski definition) is 2. The molecule has 1 N–H and O–H groups in total. The summed E-state index contributed by atoms with van der Waals surface area (Å²) >= 11 is 5.93. The number of fused-ring (bicyclic) bond motifs is 1. The molecule has 3 nitrogen and oxygen atoms in total. The van der Waals surface area contributed by atoms with Crippen LogP contribution in [0.3, 0.4) is 0 Å². The van der Waals surface area contributed by atoms with E-state index in [4.69, 9.17) is 11.6 Å². The molecule has 0 aliphatic rings. The van der Waals surface area contributed by atoms with E-state index < -0.39 is 0 Å². The fraction of sp³-hybridized carbons (Fsp3) is 0.188. The maximum absolute atomic E-state index is 5.93. The van der Waals surface area contributed by atoms with Crippen molar-refractivity contribution in [2.24, 2.45) is 0 Å². The molecule has 0 aliphatic carbocycles. The molecule has 4 heteroatoms. The summed E-state index contributed by atoms with van der Waals surface area (Å²) < 4.78 is 1.90. The van der Waals surface area contributed by atoms with Crippen LogP contribution in [-0.4, -0.2) is 16.7 Å². The summed E-state index contributed by atoms with van der Waals surface area (Å²) in [6.45, 7) is 0. The minimum absolute atomic E-state index is 0.232. The molecule has 0 spiro atoms. The van der Waals surface area contributed by atoms with E-state index >= 15 is 0 Å². The average molecular weight is 286 g/mol. The molecule has 1 unspecified atom stereocenters. The summed E-state index contributed by atoms with van der Waals surface area (Å²) in [4.78, 5) is 0. The molecular weight excluding hydrogens is 270 g/mol. The standard InChI is InChI=1S/C16H16ClN3/c1-18-15(10-12-5-7-13(17)8-6-12)14-11-19-20-9-3-2-4-16(14)20/h2-9,11,15,18H,10H2,1H3. The summed E-state index contributed by atoms with van der Waals surface area (Å²) in [5.41, 5.74) is 3.60. The van der Waals surface area contributed by atoms with Crippen LogP contribution in [-0.2, 0) is 6.42 Å². The van der Waals surface area contributed by atoms with E-state index in [1.54, 1.807) is 0 Å². The normalized spacial score (nSPS) is 12.7. The van der Waals surface area contributed by atoms with Gasteiger partial charge in [0.05, 0.1) is 11.7 Å². The van der Waals surface area contributed by atoms with Crippen LogP contribution < -0.4 is 5.32 Å². The van der Waals surface area contributed by atoms with Crippen molar-refractivity contribution in [3.63, 3.8) is 0 Å². The zero-order valence-electron chi connectivity index (χ0n) is 11.3. The molecule has 3 rings (SSSR count). The highest BCUT2D eigenvalue weighted by Crippen LogP contribution is 2.23. The fourth-order valence-corrected chi connectivity index (χ4v) is 2.57. The van der Waals surface area contributed by atoms with Crippen LogP contribution in [0, 0.1) is 0 Å². The summed E-state index contributed by atoms with van der Waals surface area (Å²) in [5.74, 6) is 0. The van der Waals surface area contributed by atoms with Gasteiger partial charge in [-0.1, -0.05) is 29.8 Å². The van der Waals surface area contributed by atoms with Crippen LogP contribution in [0.4, 0.5) is 0 Å². The van der Waals surface area contributed by atoms with Gasteiger partial charge in [-0.3, -0.25) is 0 Å². The number of pyridine rings is 1. The zero-order chi connectivity index (χ0) is 13.9. The van der Waals surface area contributed by atoms with Crippen molar-refractivity contribution in [1.29, 1.82) is 0 Å². The summed E-state index contributed by atoms with van der Waals surface area (Å²) in [5, 5.41) is 8.54. The number of nitrogens with one attached hydrogen (secondary N) is 1. The monoisotopic (exact) mass is 285 g/mol. The van der Waals surface area contributed by atoms with Crippen molar-refractivity contribution < 1.29 is 0 Å². The van der Waals surface area contributed by atoms with E-state index in [0.717, 1.165) is 17.0 Å². The van der Waals surface area contributed by atoms with Crippen molar-refractivity contribution in [1.82, 2.24) is 14.9 Å². The number of rotatable bonds is 4. The van der Waals surface area contributed by atoms with E-state index in [0.29, 0.717) is 0 Å². The van der Waals surface area contributed by atoms with Gasteiger partial charge >= 0.3 is 0 Å². The minimum Gasteiger partial charge on any atom is -0.313 e. The lowest BCUT2D eigenvalue weighted by molar-refractivity contribution is 0.596. The van der Waals surface area contributed by atoms with E-state index in [2.05, 4.69) is 28.6 Å². The molecule has 2 aromatic heterocycles. The Hall–Kier alpha value is -1.84. The van der Waals surface area contributed by atoms with Gasteiger partial charge in [0.2, 0.25) is 0 Å². The minimum atomic E-state index is 0.232. The first kappa shape index (κ1) is 13.2. The molecule has 3 aromatic rings. The van der Waals surface area contributed by atoms with Gasteiger partial charge in [-0.25, -0.2) is 4.52 Å². The third kappa shape index (κ3) is 2.55. The van der Waals surface area contributed by atoms with E-state index in [9.17, 15) is 0 Å². The predicted octanol–water partition coefficient (Wildman–Crippen LogP) is 3.49. The highest BCUT2D eigenvalue weighted by Gasteiger charge is 2.15. The largest absolute Gasteiger partial charge is 0.313 e. The molecule has 0 saturated carbocycles. The van der Waals surface area contributed by atoms with Crippen LogP contribution in [0.15, 0.2) is 54.9 Å². The molecule has 0 radical (unpaired) electrons. The summed E-state index contributed by atoms with van der Waals surface area (Å²) in [6.07, 6.45) is 4.81. The molecule has 0 saturated heterocycles. The Balaban J connectivity index is 1.91. The lowest BCUT2D eigenvalue weighted by Gasteiger charge is -2.15. The molecule has 1 atom stereocenters. The molecule has 0 amide bonds. The Labute approximate surface area is 123 Å². The average Bonchev–Trinajstić information content (AvgIpc) is 2.91. The van der Waals surface area contributed by atoms with Crippen molar-refractivity contribution in [2.45, 2.75) is 12.5 Å². The Morgan fingerprint density at radius 1 is 1.20 bits per heavy atom. The SMILES string of the molecule is CNC(Cc1ccc(Cl)cc1)c1cnn2ccccc12. The van der Waals surface area contributed by atoms with Crippen molar-refractivity contribution in [3.8, 4) is 0 Å². The van der Waals surface area contributed by atoms with E-state index in [-0.39, 0.29) is 6.04 Å². The number of benzene rings is 1. The van der Waals surface area contributed by atoms with Crippen LogP contribution in [0.5, 0.6) is 0 Å². The lowest BCUT2D eigenvalue weighted by atomic mass is 10.00. The van der Waals surface area contributed by atoms with Crippen LogP contribution >= 0.6 is 11.6 Å². The second kappa shape index (κ2) is 5.65. The molecule has 2 heterocycles. The quantitative estimate of drug-likeness (QED) is 0.795. The third-order valence-corrected chi connectivity index (χ3v) is 3.79. The second-order valence-corrected chi connectivity index (χ2v) is 5.24. The van der Waals surface area contributed by atoms with Gasteiger partial charge in [-0.15, -0.1) is 0 Å². The first-order valence-corrected chi connectivity index (χ1v) is 6.99. The molecular formula is C16H16ClN3. The van der Waals surface area contributed by atoms with Crippen LogP contribution in [0.25, 0.3) is 5.52 Å². The number of nitrogens with zero attached hydrogens (tertiary/aromatic N) is 2. The number of aromatic nitrogens is 2. The van der Waals surface area contributed by atoms with Crippen molar-refractivity contribution in [3.05, 3.63) is 71.0 Å². The summed E-state index contributed by atoms with van der Waals surface area (Å²) in [7, 11) is 1.98. The third-order valence-electron chi connectivity index (χ3n) is 3.53. The summed E-state index contributed by atoms with van der Waals surface area (Å²) in [6, 6.07) is 14.3. The lowest BCUT2D eigenvalue weighted by Crippen LogP contribution is -2.18. The molecule has 20 heavy (non-hydrogen) atoms. The predicted molar refractivity (Wildman–Crippen MR) is 82.1 cm³/mol. The topological polar surface area (TPSA) is 29.3 Å². The van der Waals surface area contributed by atoms with Gasteiger partial charge in [0.1, 0.15) is 0 Å². The Morgan fingerprint density at radius 2 is 2.00 bits per heavy atom. The smallest absolute Gasteiger partial charge is 0.0709 e. The number of likely N-dealkylation sites (N-methyl/N-ethyl adjacent to an activating group) is 1. The van der Waals surface area contributed by atoms with Gasteiger partial charge in [-0.2, -0.15) is 5.10 Å². The molecule has 1 aromatic carbocycles.